The van der Waals surface area contributed by atoms with Gasteiger partial charge in [-0.25, -0.2) is 15.0 Å². The fraction of sp³-hybridized carbons (Fsp3) is 0.179. The van der Waals surface area contributed by atoms with Gasteiger partial charge in [-0.15, -0.1) is 0 Å². The van der Waals surface area contributed by atoms with Gasteiger partial charge in [0, 0.05) is 52.8 Å². The van der Waals surface area contributed by atoms with Crippen LogP contribution in [-0.2, 0) is 0 Å². The number of hydrogen-bond donors (Lipinski definition) is 1. The molecular weight excluding hydrogens is 557 g/mol. The monoisotopic (exact) mass is 577 g/mol. The van der Waals surface area contributed by atoms with E-state index in [4.69, 9.17) is 39.8 Å². The molecule has 1 saturated heterocycles. The summed E-state index contributed by atoms with van der Waals surface area (Å²) in [6.07, 6.45) is 6.32. The van der Waals surface area contributed by atoms with Gasteiger partial charge in [0.1, 0.15) is 12.2 Å². The Balaban J connectivity index is 1.32. The van der Waals surface area contributed by atoms with Crippen molar-refractivity contribution in [1.82, 2.24) is 29.4 Å². The third-order valence-corrected chi connectivity index (χ3v) is 7.53. The molecule has 5 aromatic rings. The third kappa shape index (κ3) is 5.15. The summed E-state index contributed by atoms with van der Waals surface area (Å²) < 4.78 is 1.93. The fourth-order valence-electron chi connectivity index (χ4n) is 4.78. The van der Waals surface area contributed by atoms with Gasteiger partial charge in [0.15, 0.2) is 17.0 Å². The number of likely N-dealkylation sites (tertiary alicyclic amines) is 1. The van der Waals surface area contributed by atoms with E-state index in [1.54, 1.807) is 36.7 Å². The van der Waals surface area contributed by atoms with Crippen molar-refractivity contribution in [3.05, 3.63) is 93.9 Å². The fourth-order valence-corrected chi connectivity index (χ4v) is 5.40. The van der Waals surface area contributed by atoms with Crippen LogP contribution >= 0.6 is 34.8 Å². The molecule has 1 aliphatic rings. The lowest BCUT2D eigenvalue weighted by atomic mass is 10.0. The number of nitrogens with zero attached hydrogens (tertiary/aromatic N) is 6. The zero-order chi connectivity index (χ0) is 26.9. The van der Waals surface area contributed by atoms with Gasteiger partial charge in [0.05, 0.1) is 10.6 Å². The van der Waals surface area contributed by atoms with Crippen LogP contribution in [0, 0.1) is 0 Å². The summed E-state index contributed by atoms with van der Waals surface area (Å²) in [7, 11) is 0. The quantitative estimate of drug-likeness (QED) is 0.254. The number of halogens is 3. The van der Waals surface area contributed by atoms with Crippen LogP contribution in [-0.4, -0.2) is 54.4 Å². The van der Waals surface area contributed by atoms with Gasteiger partial charge in [-0.2, -0.15) is 0 Å². The Hall–Kier alpha value is -3.72. The van der Waals surface area contributed by atoms with Crippen molar-refractivity contribution in [3.8, 4) is 17.1 Å². The molecule has 11 heteroatoms. The molecule has 8 nitrogen and oxygen atoms in total. The Morgan fingerprint density at radius 2 is 1.72 bits per heavy atom. The van der Waals surface area contributed by atoms with Gasteiger partial charge in [-0.05, 0) is 67.4 Å². The summed E-state index contributed by atoms with van der Waals surface area (Å²) in [6.45, 7) is 1.26. The Morgan fingerprint density at radius 1 is 0.949 bits per heavy atom. The topological polar surface area (TPSA) is 88.8 Å². The predicted molar refractivity (Wildman–Crippen MR) is 154 cm³/mol. The lowest BCUT2D eigenvalue weighted by Gasteiger charge is -2.32. The Labute approximate surface area is 239 Å². The number of amides is 1. The van der Waals surface area contributed by atoms with Crippen LogP contribution in [0.4, 0.5) is 5.82 Å². The molecule has 0 atom stereocenters. The van der Waals surface area contributed by atoms with E-state index in [2.05, 4.69) is 20.3 Å². The minimum atomic E-state index is -0.00262. The van der Waals surface area contributed by atoms with Crippen molar-refractivity contribution in [2.24, 2.45) is 0 Å². The second kappa shape index (κ2) is 10.8. The first-order chi connectivity index (χ1) is 19.0. The lowest BCUT2D eigenvalue weighted by molar-refractivity contribution is 0.0718. The molecule has 1 N–H and O–H groups in total. The molecule has 0 radical (unpaired) electrons. The molecule has 1 fully saturated rings. The van der Waals surface area contributed by atoms with Gasteiger partial charge < -0.3 is 10.2 Å². The van der Waals surface area contributed by atoms with E-state index in [1.807, 2.05) is 39.8 Å². The van der Waals surface area contributed by atoms with E-state index in [0.717, 1.165) is 18.5 Å². The average molecular weight is 579 g/mol. The number of benzene rings is 2. The number of carbonyl (C=O) groups excluding carboxylic acids is 1. The second-order valence-electron chi connectivity index (χ2n) is 9.22. The van der Waals surface area contributed by atoms with Crippen LogP contribution in [0.25, 0.3) is 28.2 Å². The number of pyridine rings is 1. The van der Waals surface area contributed by atoms with Crippen molar-refractivity contribution in [2.75, 3.05) is 18.4 Å². The minimum Gasteiger partial charge on any atom is -0.365 e. The van der Waals surface area contributed by atoms with E-state index in [0.29, 0.717) is 62.1 Å². The summed E-state index contributed by atoms with van der Waals surface area (Å²) in [5, 5.41) is 5.18. The molecular formula is C28H22Cl3N7O. The molecule has 1 aliphatic heterocycles. The highest BCUT2D eigenvalue weighted by atomic mass is 35.5. The molecule has 0 unspecified atom stereocenters. The SMILES string of the molecule is O=C(c1cccnc1)N1CCC(Nc2ncnc3c2nc(-c2ccc(Cl)cc2Cl)n3-c2ccc(Cl)cc2)CC1. The molecule has 0 spiro atoms. The Kier molecular flexibility index (Phi) is 7.08. The molecule has 3 aromatic heterocycles. The molecule has 0 aliphatic carbocycles. The molecule has 6 rings (SSSR count). The zero-order valence-corrected chi connectivity index (χ0v) is 22.8. The summed E-state index contributed by atoms with van der Waals surface area (Å²) in [5.41, 5.74) is 3.38. The van der Waals surface area contributed by atoms with Crippen molar-refractivity contribution >= 4 is 57.7 Å². The molecule has 2 aromatic carbocycles. The first kappa shape index (κ1) is 25.6. The summed E-state index contributed by atoms with van der Waals surface area (Å²) in [6, 6.07) is 16.4. The number of rotatable bonds is 5. The van der Waals surface area contributed by atoms with Gasteiger partial charge in [-0.1, -0.05) is 34.8 Å². The van der Waals surface area contributed by atoms with E-state index in [1.165, 1.54) is 6.33 Å². The average Bonchev–Trinajstić information content (AvgIpc) is 3.34. The van der Waals surface area contributed by atoms with Crippen molar-refractivity contribution in [3.63, 3.8) is 0 Å². The van der Waals surface area contributed by atoms with Crippen LogP contribution in [0.5, 0.6) is 0 Å². The highest BCUT2D eigenvalue weighted by Crippen LogP contribution is 2.35. The van der Waals surface area contributed by atoms with Crippen LogP contribution in [0.1, 0.15) is 23.2 Å². The van der Waals surface area contributed by atoms with Crippen LogP contribution in [0.3, 0.4) is 0 Å². The maximum atomic E-state index is 12.8. The standard InChI is InChI=1S/C28H22Cl3N7O/c29-18-3-6-21(7-4-18)38-26(22-8-5-19(30)14-23(22)31)36-24-25(33-16-34-27(24)38)35-20-9-12-37(13-10-20)28(39)17-2-1-11-32-15-17/h1-8,11,14-16,20H,9-10,12-13H2,(H,33,34,35). The van der Waals surface area contributed by atoms with Gasteiger partial charge in [-0.3, -0.25) is 14.3 Å². The first-order valence-electron chi connectivity index (χ1n) is 12.4. The number of hydrogen-bond acceptors (Lipinski definition) is 6. The Bertz CT molecular complexity index is 1650. The molecule has 1 amide bonds. The molecule has 4 heterocycles. The predicted octanol–water partition coefficient (Wildman–Crippen LogP) is 6.55. The molecule has 39 heavy (non-hydrogen) atoms. The van der Waals surface area contributed by atoms with E-state index >= 15 is 0 Å². The normalized spacial score (nSPS) is 14.1. The van der Waals surface area contributed by atoms with Crippen LogP contribution in [0.2, 0.25) is 15.1 Å². The van der Waals surface area contributed by atoms with Crippen molar-refractivity contribution in [1.29, 1.82) is 0 Å². The number of fused-ring (bicyclic) bond motifs is 1. The van der Waals surface area contributed by atoms with Gasteiger partial charge in [0.2, 0.25) is 0 Å². The number of carbonyl (C=O) groups is 1. The van der Waals surface area contributed by atoms with Gasteiger partial charge >= 0.3 is 0 Å². The summed E-state index contributed by atoms with van der Waals surface area (Å²) in [4.78, 5) is 32.8. The number of aromatic nitrogens is 5. The highest BCUT2D eigenvalue weighted by molar-refractivity contribution is 6.36. The number of nitrogens with one attached hydrogen (secondary N) is 1. The second-order valence-corrected chi connectivity index (χ2v) is 10.5. The van der Waals surface area contributed by atoms with E-state index in [-0.39, 0.29) is 11.9 Å². The Morgan fingerprint density at radius 3 is 2.44 bits per heavy atom. The number of piperidine rings is 1. The smallest absolute Gasteiger partial charge is 0.255 e. The highest BCUT2D eigenvalue weighted by Gasteiger charge is 2.26. The van der Waals surface area contributed by atoms with Crippen molar-refractivity contribution in [2.45, 2.75) is 18.9 Å². The maximum Gasteiger partial charge on any atom is 0.255 e. The van der Waals surface area contributed by atoms with Crippen LogP contribution in [0.15, 0.2) is 73.3 Å². The number of imidazole rings is 1. The van der Waals surface area contributed by atoms with E-state index < -0.39 is 0 Å². The van der Waals surface area contributed by atoms with Crippen molar-refractivity contribution < 1.29 is 4.79 Å². The van der Waals surface area contributed by atoms with E-state index in [9.17, 15) is 4.79 Å². The van der Waals surface area contributed by atoms with Crippen LogP contribution < -0.4 is 5.32 Å². The zero-order valence-electron chi connectivity index (χ0n) is 20.6. The third-order valence-electron chi connectivity index (χ3n) is 6.73. The number of anilines is 1. The lowest BCUT2D eigenvalue weighted by Crippen LogP contribution is -2.42. The molecule has 196 valence electrons. The summed E-state index contributed by atoms with van der Waals surface area (Å²) in [5.74, 6) is 1.22. The minimum absolute atomic E-state index is 0.00262. The first-order valence-corrected chi connectivity index (χ1v) is 13.5. The van der Waals surface area contributed by atoms with Gasteiger partial charge in [0.25, 0.3) is 5.91 Å². The molecule has 0 saturated carbocycles. The summed E-state index contributed by atoms with van der Waals surface area (Å²) >= 11 is 18.9. The largest absolute Gasteiger partial charge is 0.365 e. The molecule has 0 bridgehead atoms. The maximum absolute atomic E-state index is 12.8.